The first-order chi connectivity index (χ1) is 13.4. The van der Waals surface area contributed by atoms with Gasteiger partial charge in [0.25, 0.3) is 11.8 Å². The second-order valence-electron chi connectivity index (χ2n) is 6.58. The molecule has 0 atom stereocenters. The van der Waals surface area contributed by atoms with Gasteiger partial charge in [-0.2, -0.15) is 0 Å². The Labute approximate surface area is 165 Å². The van der Waals surface area contributed by atoms with E-state index in [1.165, 1.54) is 23.5 Å². The average Bonchev–Trinajstić information content (AvgIpc) is 3.16. The molecule has 1 aliphatic rings. The quantitative estimate of drug-likeness (QED) is 0.627. The third kappa shape index (κ3) is 2.90. The van der Waals surface area contributed by atoms with E-state index in [0.717, 1.165) is 16.7 Å². The molecule has 1 aliphatic heterocycles. The van der Waals surface area contributed by atoms with Crippen molar-refractivity contribution in [3.8, 4) is 10.6 Å². The molecule has 2 aromatic carbocycles. The van der Waals surface area contributed by atoms with Crippen molar-refractivity contribution < 1.29 is 19.2 Å². The van der Waals surface area contributed by atoms with E-state index >= 15 is 0 Å². The Bertz CT molecular complexity index is 1110. The van der Waals surface area contributed by atoms with E-state index in [2.05, 4.69) is 4.98 Å². The highest BCUT2D eigenvalue weighted by Crippen LogP contribution is 2.32. The number of imide groups is 1. The number of hydrogen-bond acceptors (Lipinski definition) is 6. The first kappa shape index (κ1) is 18.1. The number of rotatable bonds is 3. The lowest BCUT2D eigenvalue weighted by molar-refractivity contribution is -0.0581. The van der Waals surface area contributed by atoms with Gasteiger partial charge in [0.15, 0.2) is 0 Å². The first-order valence-electron chi connectivity index (χ1n) is 8.62. The van der Waals surface area contributed by atoms with Crippen LogP contribution in [0.1, 0.15) is 47.2 Å². The molecular weight excluding hydrogens is 376 g/mol. The van der Waals surface area contributed by atoms with Crippen LogP contribution in [0.2, 0.25) is 0 Å². The SMILES string of the molecule is Cc1ccc(-c2nc(C)c(C(=O)ON3C(=O)c4ccccc4C3=O)s2)c(C)c1. The van der Waals surface area contributed by atoms with E-state index < -0.39 is 17.8 Å². The molecule has 2 amide bonds. The third-order valence-electron chi connectivity index (χ3n) is 4.53. The molecule has 7 heteroatoms. The van der Waals surface area contributed by atoms with Crippen molar-refractivity contribution in [3.63, 3.8) is 0 Å². The highest BCUT2D eigenvalue weighted by atomic mass is 32.1. The van der Waals surface area contributed by atoms with Crippen molar-refractivity contribution in [1.82, 2.24) is 10.0 Å². The highest BCUT2D eigenvalue weighted by Gasteiger charge is 2.39. The molecule has 0 aliphatic carbocycles. The average molecular weight is 392 g/mol. The Morgan fingerprint density at radius 3 is 2.21 bits per heavy atom. The van der Waals surface area contributed by atoms with Gasteiger partial charge in [0.05, 0.1) is 16.8 Å². The highest BCUT2D eigenvalue weighted by molar-refractivity contribution is 7.17. The Kier molecular flexibility index (Phi) is 4.31. The second kappa shape index (κ2) is 6.69. The van der Waals surface area contributed by atoms with Gasteiger partial charge in [0, 0.05) is 5.56 Å². The molecule has 0 saturated carbocycles. The summed E-state index contributed by atoms with van der Waals surface area (Å²) in [5.74, 6) is -2.07. The predicted octanol–water partition coefficient (Wildman–Crippen LogP) is 4.10. The van der Waals surface area contributed by atoms with E-state index in [1.54, 1.807) is 19.1 Å². The molecule has 0 spiro atoms. The third-order valence-corrected chi connectivity index (χ3v) is 5.70. The Balaban J connectivity index is 1.61. The molecule has 0 unspecified atom stereocenters. The lowest BCUT2D eigenvalue weighted by atomic mass is 10.1. The molecule has 1 aromatic heterocycles. The van der Waals surface area contributed by atoms with Gasteiger partial charge in [0.2, 0.25) is 0 Å². The van der Waals surface area contributed by atoms with Crippen molar-refractivity contribution in [2.45, 2.75) is 20.8 Å². The molecule has 6 nitrogen and oxygen atoms in total. The molecule has 0 radical (unpaired) electrons. The lowest BCUT2D eigenvalue weighted by Gasteiger charge is -2.11. The molecular formula is C21H16N2O4S. The van der Waals surface area contributed by atoms with Crippen molar-refractivity contribution in [2.24, 2.45) is 0 Å². The molecule has 0 N–H and O–H groups in total. The zero-order valence-electron chi connectivity index (χ0n) is 15.5. The van der Waals surface area contributed by atoms with E-state index in [4.69, 9.17) is 4.84 Å². The maximum absolute atomic E-state index is 12.6. The standard InChI is InChI=1S/C21H16N2O4S/c1-11-8-9-14(12(2)10-11)18-22-13(3)17(28-18)21(26)27-23-19(24)15-6-4-5-7-16(15)20(23)25/h4-10H,1-3H3. The smallest absolute Gasteiger partial charge is 0.323 e. The molecule has 2 heterocycles. The van der Waals surface area contributed by atoms with E-state index in [0.29, 0.717) is 15.8 Å². The Morgan fingerprint density at radius 2 is 1.61 bits per heavy atom. The number of nitrogens with zero attached hydrogens (tertiary/aromatic N) is 2. The summed E-state index contributed by atoms with van der Waals surface area (Å²) in [6.45, 7) is 5.69. The summed E-state index contributed by atoms with van der Waals surface area (Å²) in [6.07, 6.45) is 0. The van der Waals surface area contributed by atoms with Crippen molar-refractivity contribution in [3.05, 3.63) is 75.3 Å². The van der Waals surface area contributed by atoms with E-state index in [-0.39, 0.29) is 16.0 Å². The van der Waals surface area contributed by atoms with Gasteiger partial charge < -0.3 is 4.84 Å². The van der Waals surface area contributed by atoms with Crippen LogP contribution in [0.3, 0.4) is 0 Å². The van der Waals surface area contributed by atoms with Crippen LogP contribution in [0.15, 0.2) is 42.5 Å². The van der Waals surface area contributed by atoms with Crippen LogP contribution >= 0.6 is 11.3 Å². The van der Waals surface area contributed by atoms with Crippen LogP contribution in [0, 0.1) is 20.8 Å². The molecule has 140 valence electrons. The second-order valence-corrected chi connectivity index (χ2v) is 7.58. The fraction of sp³-hybridized carbons (Fsp3) is 0.143. The number of fused-ring (bicyclic) bond motifs is 1. The number of carbonyl (C=O) groups excluding carboxylic acids is 3. The summed E-state index contributed by atoms with van der Waals surface area (Å²) < 4.78 is 0. The van der Waals surface area contributed by atoms with Crippen LogP contribution in [-0.4, -0.2) is 27.8 Å². The van der Waals surface area contributed by atoms with E-state index in [1.807, 2.05) is 32.0 Å². The van der Waals surface area contributed by atoms with Gasteiger partial charge in [-0.3, -0.25) is 9.59 Å². The van der Waals surface area contributed by atoms with Crippen molar-refractivity contribution >= 4 is 29.1 Å². The maximum Gasteiger partial charge on any atom is 0.375 e. The summed E-state index contributed by atoms with van der Waals surface area (Å²) in [7, 11) is 0. The van der Waals surface area contributed by atoms with Gasteiger partial charge in [-0.1, -0.05) is 41.0 Å². The number of hydroxylamine groups is 2. The molecule has 0 bridgehead atoms. The van der Waals surface area contributed by atoms with Crippen LogP contribution in [-0.2, 0) is 4.84 Å². The summed E-state index contributed by atoms with van der Waals surface area (Å²) in [6, 6.07) is 12.3. The normalized spacial score (nSPS) is 13.0. The van der Waals surface area contributed by atoms with Crippen molar-refractivity contribution in [1.29, 1.82) is 0 Å². The first-order valence-corrected chi connectivity index (χ1v) is 9.43. The van der Waals surface area contributed by atoms with Crippen LogP contribution in [0.25, 0.3) is 10.6 Å². The number of aryl methyl sites for hydroxylation is 3. The minimum atomic E-state index is -0.777. The Morgan fingerprint density at radius 1 is 0.964 bits per heavy atom. The predicted molar refractivity (Wildman–Crippen MR) is 104 cm³/mol. The molecule has 0 saturated heterocycles. The van der Waals surface area contributed by atoms with Crippen LogP contribution in [0.4, 0.5) is 0 Å². The lowest BCUT2D eigenvalue weighted by Crippen LogP contribution is -2.32. The molecule has 0 fully saturated rings. The number of thiazole rings is 1. The zero-order chi connectivity index (χ0) is 20.0. The fourth-order valence-corrected chi connectivity index (χ4v) is 4.16. The monoisotopic (exact) mass is 392 g/mol. The minimum absolute atomic E-state index is 0.220. The van der Waals surface area contributed by atoms with Gasteiger partial charge >= 0.3 is 5.97 Å². The van der Waals surface area contributed by atoms with Gasteiger partial charge in [-0.05, 0) is 38.5 Å². The topological polar surface area (TPSA) is 76.6 Å². The van der Waals surface area contributed by atoms with Gasteiger partial charge in [-0.15, -0.1) is 11.3 Å². The molecule has 4 rings (SSSR count). The number of amides is 2. The number of aromatic nitrogens is 1. The van der Waals surface area contributed by atoms with E-state index in [9.17, 15) is 14.4 Å². The minimum Gasteiger partial charge on any atom is -0.323 e. The number of benzene rings is 2. The summed E-state index contributed by atoms with van der Waals surface area (Å²) in [5.41, 5.74) is 4.04. The van der Waals surface area contributed by atoms with Crippen LogP contribution < -0.4 is 0 Å². The maximum atomic E-state index is 12.6. The summed E-state index contributed by atoms with van der Waals surface area (Å²) in [4.78, 5) is 47.3. The summed E-state index contributed by atoms with van der Waals surface area (Å²) >= 11 is 1.18. The largest absolute Gasteiger partial charge is 0.375 e. The number of carbonyl (C=O) groups is 3. The fourth-order valence-electron chi connectivity index (χ4n) is 3.13. The van der Waals surface area contributed by atoms with Crippen molar-refractivity contribution in [2.75, 3.05) is 0 Å². The zero-order valence-corrected chi connectivity index (χ0v) is 16.3. The number of hydrogen-bond donors (Lipinski definition) is 0. The van der Waals surface area contributed by atoms with Gasteiger partial charge in [-0.25, -0.2) is 9.78 Å². The summed E-state index contributed by atoms with van der Waals surface area (Å²) in [5, 5.41) is 1.20. The molecule has 28 heavy (non-hydrogen) atoms. The van der Waals surface area contributed by atoms with Crippen LogP contribution in [0.5, 0.6) is 0 Å². The Hall–Kier alpha value is -3.32. The van der Waals surface area contributed by atoms with Gasteiger partial charge in [0.1, 0.15) is 9.88 Å². The molecule has 3 aromatic rings.